The van der Waals surface area contributed by atoms with E-state index in [0.717, 1.165) is 11.6 Å². The molecule has 0 aliphatic rings. The summed E-state index contributed by atoms with van der Waals surface area (Å²) in [5.41, 5.74) is 1.54. The molecular formula is C15H12BrClF2. The van der Waals surface area contributed by atoms with Crippen LogP contribution < -0.4 is 0 Å². The second-order valence-corrected chi connectivity index (χ2v) is 5.43. The molecule has 0 heterocycles. The third-order valence-electron chi connectivity index (χ3n) is 2.99. The number of rotatable bonds is 4. The van der Waals surface area contributed by atoms with Gasteiger partial charge in [0.1, 0.15) is 11.6 Å². The lowest BCUT2D eigenvalue weighted by Crippen LogP contribution is -2.06. The molecule has 0 radical (unpaired) electrons. The highest BCUT2D eigenvalue weighted by Crippen LogP contribution is 2.26. The van der Waals surface area contributed by atoms with E-state index in [1.54, 1.807) is 6.07 Å². The quantitative estimate of drug-likeness (QED) is 0.656. The van der Waals surface area contributed by atoms with Crippen LogP contribution in [0, 0.1) is 11.6 Å². The number of halogens is 4. The Hall–Kier alpha value is -0.930. The Kier molecular flexibility index (Phi) is 4.94. The van der Waals surface area contributed by atoms with E-state index < -0.39 is 11.6 Å². The molecule has 100 valence electrons. The molecule has 2 aromatic rings. The summed E-state index contributed by atoms with van der Waals surface area (Å²) in [7, 11) is 0. The topological polar surface area (TPSA) is 0 Å². The van der Waals surface area contributed by atoms with Gasteiger partial charge in [-0.3, -0.25) is 0 Å². The molecule has 0 nitrogen and oxygen atoms in total. The lowest BCUT2D eigenvalue weighted by molar-refractivity contribution is 0.566. The van der Waals surface area contributed by atoms with Crippen molar-refractivity contribution in [3.05, 3.63) is 70.2 Å². The van der Waals surface area contributed by atoms with Crippen molar-refractivity contribution in [3.8, 4) is 0 Å². The largest absolute Gasteiger partial charge is 0.207 e. The van der Waals surface area contributed by atoms with Gasteiger partial charge in [-0.2, -0.15) is 0 Å². The first-order valence-corrected chi connectivity index (χ1v) is 7.35. The summed E-state index contributed by atoms with van der Waals surface area (Å²) in [6.07, 6.45) is 0.498. The number of hydrogen-bond acceptors (Lipinski definition) is 0. The minimum Gasteiger partial charge on any atom is -0.207 e. The van der Waals surface area contributed by atoms with Gasteiger partial charge in [0, 0.05) is 16.4 Å². The van der Waals surface area contributed by atoms with Gasteiger partial charge in [-0.05, 0) is 41.7 Å². The predicted molar refractivity (Wildman–Crippen MR) is 78.0 cm³/mol. The summed E-state index contributed by atoms with van der Waals surface area (Å²) < 4.78 is 26.5. The van der Waals surface area contributed by atoms with Crippen molar-refractivity contribution in [1.29, 1.82) is 0 Å². The second-order valence-electron chi connectivity index (χ2n) is 4.35. The highest BCUT2D eigenvalue weighted by Gasteiger charge is 2.14. The molecule has 0 saturated heterocycles. The Morgan fingerprint density at radius 2 is 1.89 bits per heavy atom. The van der Waals surface area contributed by atoms with Crippen LogP contribution in [-0.4, -0.2) is 5.33 Å². The Morgan fingerprint density at radius 3 is 2.53 bits per heavy atom. The number of hydrogen-bond donors (Lipinski definition) is 0. The summed E-state index contributed by atoms with van der Waals surface area (Å²) in [6.45, 7) is 0. The Balaban J connectivity index is 2.24. The van der Waals surface area contributed by atoms with Gasteiger partial charge in [0.2, 0.25) is 0 Å². The van der Waals surface area contributed by atoms with Crippen molar-refractivity contribution in [2.75, 3.05) is 5.33 Å². The molecule has 1 unspecified atom stereocenters. The van der Waals surface area contributed by atoms with Gasteiger partial charge in [-0.1, -0.05) is 45.7 Å². The predicted octanol–water partition coefficient (Wildman–Crippen LogP) is 5.34. The normalized spacial score (nSPS) is 12.4. The Bertz CT molecular complexity index is 572. The minimum absolute atomic E-state index is 0.0960. The molecule has 0 spiro atoms. The van der Waals surface area contributed by atoms with Gasteiger partial charge in [-0.15, -0.1) is 0 Å². The maximum atomic E-state index is 13.7. The standard InChI is InChI=1S/C15H12BrClF2/c16-9-12(10-2-1-3-13(17)7-10)6-11-4-5-14(18)8-15(11)19/h1-5,7-8,12H,6,9H2. The summed E-state index contributed by atoms with van der Waals surface area (Å²) in [4.78, 5) is 0. The maximum Gasteiger partial charge on any atom is 0.129 e. The van der Waals surface area contributed by atoms with Crippen molar-refractivity contribution in [1.82, 2.24) is 0 Å². The fraction of sp³-hybridized carbons (Fsp3) is 0.200. The van der Waals surface area contributed by atoms with Gasteiger partial charge in [-0.25, -0.2) is 8.78 Å². The Labute approximate surface area is 124 Å². The van der Waals surface area contributed by atoms with Crippen molar-refractivity contribution in [2.45, 2.75) is 12.3 Å². The molecule has 0 aromatic heterocycles. The van der Waals surface area contributed by atoms with E-state index in [4.69, 9.17) is 11.6 Å². The summed E-state index contributed by atoms with van der Waals surface area (Å²) in [6, 6.07) is 11.2. The van der Waals surface area contributed by atoms with Gasteiger partial charge in [0.15, 0.2) is 0 Å². The highest BCUT2D eigenvalue weighted by molar-refractivity contribution is 9.09. The molecule has 0 aliphatic carbocycles. The van der Waals surface area contributed by atoms with E-state index in [1.807, 2.05) is 18.2 Å². The molecular weight excluding hydrogens is 334 g/mol. The zero-order valence-corrected chi connectivity index (χ0v) is 12.4. The third-order valence-corrected chi connectivity index (χ3v) is 4.00. The molecule has 0 saturated carbocycles. The Morgan fingerprint density at radius 1 is 1.11 bits per heavy atom. The summed E-state index contributed by atoms with van der Waals surface area (Å²) in [5.74, 6) is -0.967. The molecule has 0 bridgehead atoms. The minimum atomic E-state index is -0.556. The average Bonchev–Trinajstić information content (AvgIpc) is 2.38. The monoisotopic (exact) mass is 344 g/mol. The fourth-order valence-corrected chi connectivity index (χ4v) is 2.78. The second kappa shape index (κ2) is 6.49. The van der Waals surface area contributed by atoms with Crippen LogP contribution in [0.25, 0.3) is 0 Å². The van der Waals surface area contributed by atoms with Crippen LogP contribution >= 0.6 is 27.5 Å². The number of alkyl halides is 1. The lowest BCUT2D eigenvalue weighted by Gasteiger charge is -2.15. The van der Waals surface area contributed by atoms with Gasteiger partial charge in [0.05, 0.1) is 0 Å². The highest BCUT2D eigenvalue weighted by atomic mass is 79.9. The van der Waals surface area contributed by atoms with Crippen LogP contribution in [-0.2, 0) is 6.42 Å². The number of benzene rings is 2. The van der Waals surface area contributed by atoms with Crippen LogP contribution in [0.3, 0.4) is 0 Å². The fourth-order valence-electron chi connectivity index (χ4n) is 1.97. The van der Waals surface area contributed by atoms with Crippen LogP contribution in [0.2, 0.25) is 5.02 Å². The first-order valence-electron chi connectivity index (χ1n) is 5.85. The van der Waals surface area contributed by atoms with Crippen LogP contribution in [0.15, 0.2) is 42.5 Å². The van der Waals surface area contributed by atoms with Gasteiger partial charge >= 0.3 is 0 Å². The summed E-state index contributed by atoms with van der Waals surface area (Å²) in [5, 5.41) is 1.34. The smallest absolute Gasteiger partial charge is 0.129 e. The molecule has 1 atom stereocenters. The van der Waals surface area contributed by atoms with Crippen LogP contribution in [0.5, 0.6) is 0 Å². The van der Waals surface area contributed by atoms with Crippen LogP contribution in [0.1, 0.15) is 17.0 Å². The molecule has 4 heteroatoms. The van der Waals surface area contributed by atoms with Crippen molar-refractivity contribution < 1.29 is 8.78 Å². The lowest BCUT2D eigenvalue weighted by atomic mass is 9.93. The zero-order chi connectivity index (χ0) is 13.8. The van der Waals surface area contributed by atoms with Crippen molar-refractivity contribution in [3.63, 3.8) is 0 Å². The molecule has 0 N–H and O–H groups in total. The molecule has 19 heavy (non-hydrogen) atoms. The average molecular weight is 346 g/mol. The molecule has 0 amide bonds. The first-order chi connectivity index (χ1) is 9.10. The van der Waals surface area contributed by atoms with E-state index in [-0.39, 0.29) is 5.92 Å². The third kappa shape index (κ3) is 3.77. The maximum absolute atomic E-state index is 13.7. The van der Waals surface area contributed by atoms with Crippen LogP contribution in [0.4, 0.5) is 8.78 Å². The van der Waals surface area contributed by atoms with E-state index in [9.17, 15) is 8.78 Å². The molecule has 0 aliphatic heterocycles. The van der Waals surface area contributed by atoms with E-state index >= 15 is 0 Å². The molecule has 0 fully saturated rings. The zero-order valence-electron chi connectivity index (χ0n) is 10.0. The van der Waals surface area contributed by atoms with Gasteiger partial charge < -0.3 is 0 Å². The van der Waals surface area contributed by atoms with Gasteiger partial charge in [0.25, 0.3) is 0 Å². The SMILES string of the molecule is Fc1ccc(CC(CBr)c2cccc(Cl)c2)c(F)c1. The van der Waals surface area contributed by atoms with E-state index in [1.165, 1.54) is 12.1 Å². The van der Waals surface area contributed by atoms with E-state index in [2.05, 4.69) is 15.9 Å². The first kappa shape index (κ1) is 14.5. The van der Waals surface area contributed by atoms with Crippen molar-refractivity contribution >= 4 is 27.5 Å². The molecule has 2 aromatic carbocycles. The van der Waals surface area contributed by atoms with E-state index in [0.29, 0.717) is 22.3 Å². The summed E-state index contributed by atoms with van der Waals surface area (Å²) >= 11 is 9.40. The molecule has 2 rings (SSSR count). The van der Waals surface area contributed by atoms with Crippen molar-refractivity contribution in [2.24, 2.45) is 0 Å².